The normalized spacial score (nSPS) is 35.2. The molecule has 2 saturated heterocycles. The van der Waals surface area contributed by atoms with E-state index < -0.39 is 17.9 Å². The summed E-state index contributed by atoms with van der Waals surface area (Å²) in [6.45, 7) is 2.58. The number of aliphatic hydroxyl groups excluding tert-OH is 1. The third-order valence-corrected chi connectivity index (χ3v) is 3.78. The van der Waals surface area contributed by atoms with Crippen LogP contribution in [0.25, 0.3) is 0 Å². The molecule has 0 aromatic heterocycles. The van der Waals surface area contributed by atoms with Gasteiger partial charge in [0.1, 0.15) is 12.2 Å². The number of carbonyl (C=O) groups excluding carboxylic acids is 1. The van der Waals surface area contributed by atoms with Crippen LogP contribution in [0.5, 0.6) is 0 Å². The molecule has 0 aliphatic carbocycles. The van der Waals surface area contributed by atoms with Crippen LogP contribution in [0.2, 0.25) is 0 Å². The van der Waals surface area contributed by atoms with Gasteiger partial charge in [-0.15, -0.1) is 0 Å². The lowest BCUT2D eigenvalue weighted by molar-refractivity contribution is -0.226. The fraction of sp³-hybridized carbons (Fsp3) is 0.917. The van der Waals surface area contributed by atoms with Crippen LogP contribution >= 0.6 is 0 Å². The van der Waals surface area contributed by atoms with Gasteiger partial charge in [-0.25, -0.2) is 0 Å². The predicted molar refractivity (Wildman–Crippen MR) is 62.6 cm³/mol. The summed E-state index contributed by atoms with van der Waals surface area (Å²) in [5.41, 5.74) is 0. The van der Waals surface area contributed by atoms with E-state index in [0.29, 0.717) is 25.8 Å². The summed E-state index contributed by atoms with van der Waals surface area (Å²) in [5, 5.41) is 29.1. The molecule has 2 aliphatic heterocycles. The van der Waals surface area contributed by atoms with Crippen LogP contribution in [0.15, 0.2) is 0 Å². The second-order valence-electron chi connectivity index (χ2n) is 5.21. The van der Waals surface area contributed by atoms with Crippen molar-refractivity contribution in [2.24, 2.45) is 0 Å². The van der Waals surface area contributed by atoms with E-state index in [0.717, 1.165) is 6.42 Å². The van der Waals surface area contributed by atoms with Crippen LogP contribution in [0.4, 0.5) is 0 Å². The Morgan fingerprint density at radius 2 is 2.11 bits per heavy atom. The van der Waals surface area contributed by atoms with E-state index in [1.807, 2.05) is 6.92 Å². The summed E-state index contributed by atoms with van der Waals surface area (Å²) in [4.78, 5) is 13.2. The highest BCUT2D eigenvalue weighted by molar-refractivity contribution is 5.69. The van der Waals surface area contributed by atoms with E-state index in [4.69, 9.17) is 4.74 Å². The Labute approximate surface area is 106 Å². The number of hydrogen-bond donors (Lipinski definition) is 3. The van der Waals surface area contributed by atoms with Gasteiger partial charge in [-0.3, -0.25) is 9.69 Å². The van der Waals surface area contributed by atoms with E-state index in [2.05, 4.69) is 0 Å². The molecule has 2 aliphatic rings. The first-order chi connectivity index (χ1) is 8.45. The molecule has 6 nitrogen and oxygen atoms in total. The summed E-state index contributed by atoms with van der Waals surface area (Å²) in [7, 11) is 0. The molecule has 2 rings (SSSR count). The van der Waals surface area contributed by atoms with Crippen molar-refractivity contribution < 1.29 is 24.9 Å². The van der Waals surface area contributed by atoms with Gasteiger partial charge in [0.2, 0.25) is 5.79 Å². The van der Waals surface area contributed by atoms with Gasteiger partial charge >= 0.3 is 5.97 Å². The van der Waals surface area contributed by atoms with E-state index in [9.17, 15) is 20.1 Å². The van der Waals surface area contributed by atoms with Crippen molar-refractivity contribution in [2.75, 3.05) is 13.1 Å². The summed E-state index contributed by atoms with van der Waals surface area (Å²) in [5.74, 6) is -2.25. The largest absolute Gasteiger partial charge is 0.461 e. The third kappa shape index (κ3) is 2.51. The Bertz CT molecular complexity index is 320. The topological polar surface area (TPSA) is 90.2 Å². The lowest BCUT2D eigenvalue weighted by Crippen LogP contribution is -2.53. The Morgan fingerprint density at radius 3 is 2.78 bits per heavy atom. The molecule has 0 spiro atoms. The fourth-order valence-corrected chi connectivity index (χ4v) is 2.81. The molecule has 18 heavy (non-hydrogen) atoms. The number of ether oxygens (including phenoxy) is 1. The molecule has 0 radical (unpaired) electrons. The number of carbonyl (C=O) groups is 1. The maximum atomic E-state index is 11.4. The van der Waals surface area contributed by atoms with Crippen molar-refractivity contribution in [3.8, 4) is 0 Å². The number of rotatable bonds is 3. The smallest absolute Gasteiger partial charge is 0.306 e. The molecule has 2 heterocycles. The number of nitrogens with zero attached hydrogens (tertiary/aromatic N) is 1. The number of aliphatic hydroxyl groups is 3. The van der Waals surface area contributed by atoms with Gasteiger partial charge < -0.3 is 20.1 Å². The minimum atomic E-state index is -2.04. The van der Waals surface area contributed by atoms with Crippen LogP contribution in [0.3, 0.4) is 0 Å². The highest BCUT2D eigenvalue weighted by atomic mass is 16.5. The maximum absolute atomic E-state index is 11.4. The highest BCUT2D eigenvalue weighted by Gasteiger charge is 2.53. The van der Waals surface area contributed by atoms with Crippen molar-refractivity contribution in [3.63, 3.8) is 0 Å². The molecule has 3 N–H and O–H groups in total. The third-order valence-electron chi connectivity index (χ3n) is 3.78. The molecule has 6 heteroatoms. The fourth-order valence-electron chi connectivity index (χ4n) is 2.81. The molecule has 0 aromatic carbocycles. The number of hydrogen-bond acceptors (Lipinski definition) is 6. The number of piperidine rings is 1. The molecule has 2 fully saturated rings. The average molecular weight is 259 g/mol. The Kier molecular flexibility index (Phi) is 3.91. The van der Waals surface area contributed by atoms with Crippen LogP contribution in [-0.4, -0.2) is 63.3 Å². The first-order valence-electron chi connectivity index (χ1n) is 6.51. The van der Waals surface area contributed by atoms with Crippen LogP contribution in [-0.2, 0) is 9.53 Å². The quantitative estimate of drug-likeness (QED) is 0.455. The minimum absolute atomic E-state index is 0.207. The van der Waals surface area contributed by atoms with Crippen molar-refractivity contribution in [2.45, 2.75) is 56.6 Å². The Balaban J connectivity index is 1.91. The maximum Gasteiger partial charge on any atom is 0.306 e. The molecule has 3 unspecified atom stereocenters. The van der Waals surface area contributed by atoms with E-state index in [1.165, 1.54) is 0 Å². The van der Waals surface area contributed by atoms with Gasteiger partial charge in [-0.05, 0) is 19.3 Å². The van der Waals surface area contributed by atoms with E-state index >= 15 is 0 Å². The van der Waals surface area contributed by atoms with Crippen LogP contribution in [0, 0.1) is 0 Å². The van der Waals surface area contributed by atoms with Crippen molar-refractivity contribution in [1.82, 2.24) is 4.90 Å². The first-order valence-corrected chi connectivity index (χ1v) is 6.51. The van der Waals surface area contributed by atoms with Crippen LogP contribution < -0.4 is 0 Å². The zero-order valence-electron chi connectivity index (χ0n) is 10.6. The Hall–Kier alpha value is -0.690. The Morgan fingerprint density at radius 1 is 1.39 bits per heavy atom. The molecular weight excluding hydrogens is 238 g/mol. The molecule has 0 amide bonds. The van der Waals surface area contributed by atoms with Gasteiger partial charge in [0.05, 0.1) is 6.04 Å². The van der Waals surface area contributed by atoms with E-state index in [-0.39, 0.29) is 18.6 Å². The summed E-state index contributed by atoms with van der Waals surface area (Å²) >= 11 is 0. The molecule has 104 valence electrons. The number of fused-ring (bicyclic) bond motifs is 1. The van der Waals surface area contributed by atoms with E-state index in [1.54, 1.807) is 4.90 Å². The van der Waals surface area contributed by atoms with Crippen molar-refractivity contribution in [1.29, 1.82) is 0 Å². The molecule has 0 saturated carbocycles. The lowest BCUT2D eigenvalue weighted by atomic mass is 9.96. The SMILES string of the molecule is CCCC(=O)OC1CCC2N(C1)CC(O)C2(O)O. The average Bonchev–Trinajstić information content (AvgIpc) is 2.50. The summed E-state index contributed by atoms with van der Waals surface area (Å²) in [6, 6.07) is -0.464. The van der Waals surface area contributed by atoms with Crippen molar-refractivity contribution in [3.05, 3.63) is 0 Å². The first kappa shape index (κ1) is 13.7. The summed E-state index contributed by atoms with van der Waals surface area (Å²) < 4.78 is 5.32. The molecule has 0 aromatic rings. The predicted octanol–water partition coefficient (Wildman–Crippen LogP) is -0.782. The lowest BCUT2D eigenvalue weighted by Gasteiger charge is -2.37. The minimum Gasteiger partial charge on any atom is -0.461 e. The van der Waals surface area contributed by atoms with Gasteiger partial charge in [0.15, 0.2) is 0 Å². The van der Waals surface area contributed by atoms with Gasteiger partial charge in [0.25, 0.3) is 0 Å². The monoisotopic (exact) mass is 259 g/mol. The highest BCUT2D eigenvalue weighted by Crippen LogP contribution is 2.34. The molecule has 3 atom stereocenters. The molecular formula is C12H21NO5. The van der Waals surface area contributed by atoms with Gasteiger partial charge in [0, 0.05) is 19.5 Å². The zero-order chi connectivity index (χ0) is 13.3. The van der Waals surface area contributed by atoms with Crippen LogP contribution in [0.1, 0.15) is 32.6 Å². The number of esters is 1. The summed E-state index contributed by atoms with van der Waals surface area (Å²) in [6.07, 6.45) is 0.911. The second kappa shape index (κ2) is 5.13. The van der Waals surface area contributed by atoms with Gasteiger partial charge in [-0.1, -0.05) is 6.92 Å². The standard InChI is InChI=1S/C12H21NO5/c1-2-3-11(15)18-8-4-5-9-12(16,17)10(14)7-13(9)6-8/h8-10,14,16-17H,2-7H2,1H3. The second-order valence-corrected chi connectivity index (χ2v) is 5.21. The molecule has 0 bridgehead atoms. The van der Waals surface area contributed by atoms with Gasteiger partial charge in [-0.2, -0.15) is 0 Å². The van der Waals surface area contributed by atoms with Crippen molar-refractivity contribution >= 4 is 5.97 Å². The zero-order valence-corrected chi connectivity index (χ0v) is 10.6.